The second kappa shape index (κ2) is 6.25. The average molecular weight is 280 g/mol. The van der Waals surface area contributed by atoms with Gasteiger partial charge in [-0.15, -0.1) is 11.8 Å². The lowest BCUT2D eigenvalue weighted by atomic mass is 10.4. The lowest BCUT2D eigenvalue weighted by Gasteiger charge is -2.17. The topological polar surface area (TPSA) is 53.9 Å². The molecule has 104 valence electrons. The largest absolute Gasteiger partial charge is 0.327 e. The Balaban J connectivity index is 2.31. The fraction of sp³-hybridized carbons (Fsp3) is 0.538. The van der Waals surface area contributed by atoms with E-state index in [1.165, 1.54) is 0 Å². The van der Waals surface area contributed by atoms with Gasteiger partial charge in [-0.3, -0.25) is 4.57 Å². The van der Waals surface area contributed by atoms with Crippen LogP contribution in [-0.4, -0.2) is 45.3 Å². The fourth-order valence-electron chi connectivity index (χ4n) is 2.12. The van der Waals surface area contributed by atoms with Crippen LogP contribution in [0.4, 0.5) is 0 Å². The van der Waals surface area contributed by atoms with Crippen molar-refractivity contribution in [2.45, 2.75) is 25.4 Å². The average Bonchev–Trinajstić information content (AvgIpc) is 2.75. The lowest BCUT2D eigenvalue weighted by Crippen LogP contribution is -2.30. The molecular formula is C13H20N4OS. The first kappa shape index (κ1) is 14.1. The van der Waals surface area contributed by atoms with Crippen molar-refractivity contribution < 1.29 is 0 Å². The van der Waals surface area contributed by atoms with Crippen molar-refractivity contribution in [2.24, 2.45) is 0 Å². The number of fused-ring (bicyclic) bond motifs is 1. The van der Waals surface area contributed by atoms with Gasteiger partial charge in [-0.05, 0) is 31.5 Å². The summed E-state index contributed by atoms with van der Waals surface area (Å²) in [5.41, 5.74) is 1.49. The summed E-state index contributed by atoms with van der Waals surface area (Å²) in [6, 6.07) is 3.85. The Morgan fingerprint density at radius 3 is 2.74 bits per heavy atom. The van der Waals surface area contributed by atoms with Crippen LogP contribution in [0.15, 0.2) is 22.0 Å². The van der Waals surface area contributed by atoms with Gasteiger partial charge in [0, 0.05) is 13.1 Å². The van der Waals surface area contributed by atoms with Crippen molar-refractivity contribution in [3.8, 4) is 0 Å². The quantitative estimate of drug-likeness (QED) is 0.820. The molecule has 0 fully saturated rings. The van der Waals surface area contributed by atoms with Gasteiger partial charge in [-0.2, -0.15) is 0 Å². The molecular weight excluding hydrogens is 260 g/mol. The molecule has 6 heteroatoms. The van der Waals surface area contributed by atoms with Crippen LogP contribution in [0.1, 0.15) is 13.8 Å². The smallest absolute Gasteiger partial charge is 0.304 e. The molecule has 2 aromatic rings. The molecule has 0 atom stereocenters. The van der Waals surface area contributed by atoms with Gasteiger partial charge in [0.15, 0.2) is 5.65 Å². The van der Waals surface area contributed by atoms with E-state index < -0.39 is 0 Å². The van der Waals surface area contributed by atoms with Gasteiger partial charge in [-0.1, -0.05) is 13.8 Å². The molecule has 0 aliphatic heterocycles. The summed E-state index contributed by atoms with van der Waals surface area (Å²) in [5, 5.41) is 0.933. The molecule has 0 aliphatic rings. The van der Waals surface area contributed by atoms with Crippen LogP contribution in [0.5, 0.6) is 0 Å². The molecule has 0 spiro atoms. The summed E-state index contributed by atoms with van der Waals surface area (Å²) in [6.45, 7) is 7.79. The number of hydrogen-bond acceptors (Lipinski definition) is 4. The van der Waals surface area contributed by atoms with Crippen LogP contribution in [0.3, 0.4) is 0 Å². The first-order chi connectivity index (χ1) is 9.19. The van der Waals surface area contributed by atoms with E-state index in [4.69, 9.17) is 0 Å². The highest BCUT2D eigenvalue weighted by Gasteiger charge is 2.09. The highest BCUT2D eigenvalue weighted by molar-refractivity contribution is 7.98. The molecule has 0 saturated carbocycles. The van der Waals surface area contributed by atoms with E-state index in [1.54, 1.807) is 16.3 Å². The number of aromatic amines is 1. The molecule has 0 aromatic carbocycles. The van der Waals surface area contributed by atoms with Crippen molar-refractivity contribution in [3.05, 3.63) is 22.6 Å². The number of nitrogens with one attached hydrogen (secondary N) is 1. The SMILES string of the molecule is CCN(CC)CCn1c(=O)[nH]c2ccc(SC)nc21. The molecule has 0 radical (unpaired) electrons. The normalized spacial score (nSPS) is 11.6. The summed E-state index contributed by atoms with van der Waals surface area (Å²) in [6.07, 6.45) is 1.99. The zero-order chi connectivity index (χ0) is 13.8. The van der Waals surface area contributed by atoms with E-state index >= 15 is 0 Å². The maximum absolute atomic E-state index is 12.0. The maximum Gasteiger partial charge on any atom is 0.327 e. The number of hydrogen-bond donors (Lipinski definition) is 1. The third-order valence-electron chi connectivity index (χ3n) is 3.34. The Morgan fingerprint density at radius 1 is 1.37 bits per heavy atom. The van der Waals surface area contributed by atoms with Crippen LogP contribution < -0.4 is 5.69 Å². The van der Waals surface area contributed by atoms with E-state index in [0.29, 0.717) is 6.54 Å². The van der Waals surface area contributed by atoms with Gasteiger partial charge in [0.2, 0.25) is 0 Å². The van der Waals surface area contributed by atoms with Gasteiger partial charge < -0.3 is 9.88 Å². The standard InChI is InChI=1S/C13H20N4OS/c1-4-16(5-2)8-9-17-12-10(14-13(17)18)6-7-11(15-12)19-3/h6-7H,4-5,8-9H2,1-3H3,(H,14,18). The Bertz CT molecular complexity index is 600. The van der Waals surface area contributed by atoms with Gasteiger partial charge in [0.25, 0.3) is 0 Å². The van der Waals surface area contributed by atoms with Crippen molar-refractivity contribution in [3.63, 3.8) is 0 Å². The molecule has 2 heterocycles. The third-order valence-corrected chi connectivity index (χ3v) is 3.98. The molecule has 19 heavy (non-hydrogen) atoms. The van der Waals surface area contributed by atoms with Crippen molar-refractivity contribution in [1.82, 2.24) is 19.4 Å². The lowest BCUT2D eigenvalue weighted by molar-refractivity contribution is 0.290. The van der Waals surface area contributed by atoms with Crippen LogP contribution in [0, 0.1) is 0 Å². The molecule has 0 unspecified atom stereocenters. The molecule has 5 nitrogen and oxygen atoms in total. The maximum atomic E-state index is 12.0. The predicted octanol–water partition coefficient (Wildman–Crippen LogP) is 1.79. The van der Waals surface area contributed by atoms with Crippen LogP contribution in [0.25, 0.3) is 11.2 Å². The van der Waals surface area contributed by atoms with Crippen molar-refractivity contribution in [1.29, 1.82) is 0 Å². The third kappa shape index (κ3) is 3.01. The summed E-state index contributed by atoms with van der Waals surface area (Å²) in [5.74, 6) is 0. The van der Waals surface area contributed by atoms with Gasteiger partial charge >= 0.3 is 5.69 Å². The minimum absolute atomic E-state index is 0.0760. The van der Waals surface area contributed by atoms with Crippen LogP contribution >= 0.6 is 11.8 Å². The number of pyridine rings is 1. The molecule has 1 N–H and O–H groups in total. The van der Waals surface area contributed by atoms with Crippen LogP contribution in [0.2, 0.25) is 0 Å². The Morgan fingerprint density at radius 2 is 2.11 bits per heavy atom. The van der Waals surface area contributed by atoms with Crippen molar-refractivity contribution in [2.75, 3.05) is 25.9 Å². The number of thioether (sulfide) groups is 1. The van der Waals surface area contributed by atoms with Crippen LogP contribution in [-0.2, 0) is 6.54 Å². The number of aromatic nitrogens is 3. The van der Waals surface area contributed by atoms with Gasteiger partial charge in [-0.25, -0.2) is 9.78 Å². The molecule has 2 aromatic heterocycles. The minimum atomic E-state index is -0.0760. The summed E-state index contributed by atoms with van der Waals surface area (Å²) < 4.78 is 1.73. The predicted molar refractivity (Wildman–Crippen MR) is 79.9 cm³/mol. The Labute approximate surface area is 117 Å². The molecule has 0 saturated heterocycles. The second-order valence-corrected chi connectivity index (χ2v) is 5.16. The first-order valence-corrected chi connectivity index (χ1v) is 7.78. The molecule has 2 rings (SSSR count). The molecule has 0 bridgehead atoms. The number of rotatable bonds is 6. The summed E-state index contributed by atoms with van der Waals surface area (Å²) >= 11 is 1.58. The minimum Gasteiger partial charge on any atom is -0.304 e. The number of imidazole rings is 1. The zero-order valence-electron chi connectivity index (χ0n) is 11.6. The Hall–Kier alpha value is -1.27. The monoisotopic (exact) mass is 280 g/mol. The van der Waals surface area contributed by atoms with E-state index in [-0.39, 0.29) is 5.69 Å². The second-order valence-electron chi connectivity index (χ2n) is 4.33. The van der Waals surface area contributed by atoms with E-state index in [2.05, 4.69) is 28.7 Å². The molecule has 0 amide bonds. The van der Waals surface area contributed by atoms with E-state index in [1.807, 2.05) is 18.4 Å². The summed E-state index contributed by atoms with van der Waals surface area (Å²) in [4.78, 5) is 21.6. The Kier molecular flexibility index (Phi) is 4.66. The van der Waals surface area contributed by atoms with Crippen molar-refractivity contribution >= 4 is 22.9 Å². The van der Waals surface area contributed by atoms with E-state index in [0.717, 1.165) is 35.8 Å². The fourth-order valence-corrected chi connectivity index (χ4v) is 2.50. The first-order valence-electron chi connectivity index (χ1n) is 6.55. The number of likely N-dealkylation sites (N-methyl/N-ethyl adjacent to an activating group) is 1. The number of H-pyrrole nitrogens is 1. The van der Waals surface area contributed by atoms with Gasteiger partial charge in [0.1, 0.15) is 0 Å². The van der Waals surface area contributed by atoms with E-state index in [9.17, 15) is 4.79 Å². The molecule has 0 aliphatic carbocycles. The summed E-state index contributed by atoms with van der Waals surface area (Å²) in [7, 11) is 0. The highest BCUT2D eigenvalue weighted by atomic mass is 32.2. The number of nitrogens with zero attached hydrogens (tertiary/aromatic N) is 3. The highest BCUT2D eigenvalue weighted by Crippen LogP contribution is 2.15. The zero-order valence-corrected chi connectivity index (χ0v) is 12.5. The van der Waals surface area contributed by atoms with Gasteiger partial charge in [0.05, 0.1) is 10.5 Å².